The van der Waals surface area contributed by atoms with Gasteiger partial charge >= 0.3 is 0 Å². The zero-order valence-electron chi connectivity index (χ0n) is 11.7. The molecule has 1 aromatic heterocycles. The Hall–Kier alpha value is -2.70. The van der Waals surface area contributed by atoms with Crippen molar-refractivity contribution in [2.75, 3.05) is 6.54 Å². The molecule has 0 fully saturated rings. The molecular formula is C18H13ClN2O. The summed E-state index contributed by atoms with van der Waals surface area (Å²) >= 11 is 5.89. The summed E-state index contributed by atoms with van der Waals surface area (Å²) in [6, 6.07) is 15.0. The summed E-state index contributed by atoms with van der Waals surface area (Å²) in [6.07, 6.45) is 1.71. The fourth-order valence-corrected chi connectivity index (χ4v) is 2.38. The van der Waals surface area contributed by atoms with Crippen LogP contribution in [0.3, 0.4) is 0 Å². The zero-order chi connectivity index (χ0) is 15.4. The highest BCUT2D eigenvalue weighted by molar-refractivity contribution is 6.30. The molecule has 0 unspecified atom stereocenters. The van der Waals surface area contributed by atoms with Crippen molar-refractivity contribution in [1.82, 2.24) is 10.3 Å². The number of carbonyl (C=O) groups excluding carboxylic acids is 1. The largest absolute Gasteiger partial charge is 0.360 e. The van der Waals surface area contributed by atoms with Gasteiger partial charge in [0, 0.05) is 27.7 Å². The first-order valence-electron chi connectivity index (χ1n) is 6.83. The number of rotatable bonds is 2. The minimum Gasteiger partial charge on any atom is -0.360 e. The summed E-state index contributed by atoms with van der Waals surface area (Å²) in [5.74, 6) is 5.74. The lowest BCUT2D eigenvalue weighted by Crippen LogP contribution is -2.23. The number of hydrogen-bond donors (Lipinski definition) is 2. The number of halogens is 1. The van der Waals surface area contributed by atoms with Gasteiger partial charge in [0.15, 0.2) is 0 Å². The van der Waals surface area contributed by atoms with Gasteiger partial charge in [0.05, 0.1) is 12.1 Å². The van der Waals surface area contributed by atoms with E-state index in [1.807, 2.05) is 36.4 Å². The SMILES string of the molecule is O=C(NCC#Cc1cccc(Cl)c1)c1c[nH]c2ccccc12. The van der Waals surface area contributed by atoms with Crippen LogP contribution in [0.1, 0.15) is 15.9 Å². The summed E-state index contributed by atoms with van der Waals surface area (Å²) in [5.41, 5.74) is 2.40. The number of aromatic nitrogens is 1. The predicted octanol–water partition coefficient (Wildman–Crippen LogP) is 3.60. The molecule has 1 amide bonds. The van der Waals surface area contributed by atoms with Crippen molar-refractivity contribution in [1.29, 1.82) is 0 Å². The first-order chi connectivity index (χ1) is 10.7. The minimum absolute atomic E-state index is 0.141. The van der Waals surface area contributed by atoms with Crippen LogP contribution in [0, 0.1) is 11.8 Å². The van der Waals surface area contributed by atoms with E-state index in [2.05, 4.69) is 22.1 Å². The Morgan fingerprint density at radius 2 is 2.05 bits per heavy atom. The lowest BCUT2D eigenvalue weighted by Gasteiger charge is -1.99. The zero-order valence-corrected chi connectivity index (χ0v) is 12.4. The predicted molar refractivity (Wildman–Crippen MR) is 89.0 cm³/mol. The summed E-state index contributed by atoms with van der Waals surface area (Å²) in [7, 11) is 0. The van der Waals surface area contributed by atoms with Crippen LogP contribution in [0.15, 0.2) is 54.7 Å². The number of fused-ring (bicyclic) bond motifs is 1. The molecule has 22 heavy (non-hydrogen) atoms. The number of carbonyl (C=O) groups is 1. The first kappa shape index (κ1) is 14.2. The molecule has 0 aliphatic carbocycles. The van der Waals surface area contributed by atoms with E-state index in [9.17, 15) is 4.79 Å². The van der Waals surface area contributed by atoms with Gasteiger partial charge in [0.2, 0.25) is 0 Å². The summed E-state index contributed by atoms with van der Waals surface area (Å²) in [5, 5.41) is 4.35. The van der Waals surface area contributed by atoms with Gasteiger partial charge in [-0.05, 0) is 24.3 Å². The lowest BCUT2D eigenvalue weighted by molar-refractivity contribution is 0.0960. The molecular weight excluding hydrogens is 296 g/mol. The van der Waals surface area contributed by atoms with Crippen molar-refractivity contribution in [2.45, 2.75) is 0 Å². The Morgan fingerprint density at radius 1 is 1.18 bits per heavy atom. The molecule has 3 rings (SSSR count). The molecule has 0 saturated carbocycles. The van der Waals surface area contributed by atoms with Crippen LogP contribution in [0.25, 0.3) is 10.9 Å². The molecule has 4 heteroatoms. The number of para-hydroxylation sites is 1. The van der Waals surface area contributed by atoms with Crippen molar-refractivity contribution in [3.8, 4) is 11.8 Å². The molecule has 0 atom stereocenters. The lowest BCUT2D eigenvalue weighted by atomic mass is 10.1. The maximum Gasteiger partial charge on any atom is 0.254 e. The minimum atomic E-state index is -0.141. The summed E-state index contributed by atoms with van der Waals surface area (Å²) in [6.45, 7) is 0.283. The van der Waals surface area contributed by atoms with Gasteiger partial charge in [-0.15, -0.1) is 0 Å². The quantitative estimate of drug-likeness (QED) is 0.698. The van der Waals surface area contributed by atoms with Gasteiger partial charge in [-0.3, -0.25) is 4.79 Å². The number of H-pyrrole nitrogens is 1. The molecule has 2 N–H and O–H groups in total. The third-order valence-electron chi connectivity index (χ3n) is 3.23. The molecule has 0 aliphatic heterocycles. The van der Waals surface area contributed by atoms with E-state index in [0.29, 0.717) is 10.6 Å². The van der Waals surface area contributed by atoms with Gasteiger partial charge in [0.25, 0.3) is 5.91 Å². The second-order valence-corrected chi connectivity index (χ2v) is 5.18. The van der Waals surface area contributed by atoms with E-state index in [1.54, 1.807) is 18.3 Å². The Morgan fingerprint density at radius 3 is 2.91 bits per heavy atom. The van der Waals surface area contributed by atoms with Crippen molar-refractivity contribution in [3.63, 3.8) is 0 Å². The van der Waals surface area contributed by atoms with Gasteiger partial charge in [-0.2, -0.15) is 0 Å². The molecule has 1 heterocycles. The van der Waals surface area contributed by atoms with Crippen LogP contribution in [-0.2, 0) is 0 Å². The average molecular weight is 309 g/mol. The Kier molecular flexibility index (Phi) is 4.13. The molecule has 3 nitrogen and oxygen atoms in total. The van der Waals surface area contributed by atoms with E-state index < -0.39 is 0 Å². The number of hydrogen-bond acceptors (Lipinski definition) is 1. The number of amides is 1. The highest BCUT2D eigenvalue weighted by atomic mass is 35.5. The summed E-state index contributed by atoms with van der Waals surface area (Å²) < 4.78 is 0. The van der Waals surface area contributed by atoms with Crippen molar-refractivity contribution >= 4 is 28.4 Å². The standard InChI is InChI=1S/C18H13ClN2O/c19-14-7-3-5-13(11-14)6-4-10-20-18(22)16-12-21-17-9-2-1-8-15(16)17/h1-3,5,7-9,11-12,21H,10H2,(H,20,22). The second-order valence-electron chi connectivity index (χ2n) is 4.74. The van der Waals surface area contributed by atoms with Crippen LogP contribution in [-0.4, -0.2) is 17.4 Å². The fourth-order valence-electron chi connectivity index (χ4n) is 2.19. The van der Waals surface area contributed by atoms with Crippen LogP contribution < -0.4 is 5.32 Å². The summed E-state index contributed by atoms with van der Waals surface area (Å²) in [4.78, 5) is 15.2. The Labute approximate surface area is 133 Å². The molecule has 0 spiro atoms. The van der Waals surface area contributed by atoms with Gasteiger partial charge in [-0.1, -0.05) is 47.7 Å². The van der Waals surface area contributed by atoms with E-state index in [0.717, 1.165) is 16.5 Å². The molecule has 0 saturated heterocycles. The number of benzene rings is 2. The maximum absolute atomic E-state index is 12.2. The van der Waals surface area contributed by atoms with E-state index in [1.165, 1.54) is 0 Å². The van der Waals surface area contributed by atoms with Crippen LogP contribution >= 0.6 is 11.6 Å². The van der Waals surface area contributed by atoms with E-state index >= 15 is 0 Å². The number of aromatic amines is 1. The highest BCUT2D eigenvalue weighted by Crippen LogP contribution is 2.17. The van der Waals surface area contributed by atoms with Crippen molar-refractivity contribution < 1.29 is 4.79 Å². The highest BCUT2D eigenvalue weighted by Gasteiger charge is 2.10. The Balaban J connectivity index is 1.66. The van der Waals surface area contributed by atoms with Gasteiger partial charge in [-0.25, -0.2) is 0 Å². The molecule has 0 aliphatic rings. The fraction of sp³-hybridized carbons (Fsp3) is 0.0556. The van der Waals surface area contributed by atoms with E-state index in [4.69, 9.17) is 11.6 Å². The molecule has 3 aromatic rings. The topological polar surface area (TPSA) is 44.9 Å². The second kappa shape index (κ2) is 6.38. The van der Waals surface area contributed by atoms with Crippen LogP contribution in [0.4, 0.5) is 0 Å². The van der Waals surface area contributed by atoms with Crippen LogP contribution in [0.2, 0.25) is 5.02 Å². The smallest absolute Gasteiger partial charge is 0.254 e. The number of nitrogens with one attached hydrogen (secondary N) is 2. The third-order valence-corrected chi connectivity index (χ3v) is 3.46. The van der Waals surface area contributed by atoms with E-state index in [-0.39, 0.29) is 12.5 Å². The first-order valence-corrected chi connectivity index (χ1v) is 7.20. The molecule has 0 bridgehead atoms. The third kappa shape index (κ3) is 3.13. The van der Waals surface area contributed by atoms with Crippen molar-refractivity contribution in [2.24, 2.45) is 0 Å². The Bertz CT molecular complexity index is 886. The average Bonchev–Trinajstić information content (AvgIpc) is 2.95. The van der Waals surface area contributed by atoms with Crippen LogP contribution in [0.5, 0.6) is 0 Å². The maximum atomic E-state index is 12.2. The monoisotopic (exact) mass is 308 g/mol. The molecule has 108 valence electrons. The van der Waals surface area contributed by atoms with Gasteiger partial charge in [0.1, 0.15) is 0 Å². The van der Waals surface area contributed by atoms with Crippen molar-refractivity contribution in [3.05, 3.63) is 70.9 Å². The van der Waals surface area contributed by atoms with Gasteiger partial charge < -0.3 is 10.3 Å². The molecule has 0 radical (unpaired) electrons. The molecule has 2 aromatic carbocycles. The normalized spacial score (nSPS) is 10.0.